The Morgan fingerprint density at radius 1 is 0.553 bits per heavy atom. The van der Waals surface area contributed by atoms with E-state index in [2.05, 4.69) is 38.1 Å². The first-order valence-corrected chi connectivity index (χ1v) is 13.0. The molecule has 0 atom stereocenters. The first kappa shape index (κ1) is 25.3. The van der Waals surface area contributed by atoms with Crippen LogP contribution in [0.1, 0.15) is 59.3 Å². The summed E-state index contributed by atoms with van der Waals surface area (Å²) in [7, 11) is 3.79. The number of para-hydroxylation sites is 2. The Kier molecular flexibility index (Phi) is 6.57. The van der Waals surface area contributed by atoms with Gasteiger partial charge >= 0.3 is 0 Å². The molecule has 0 N–H and O–H groups in total. The first-order valence-electron chi connectivity index (χ1n) is 13.0. The fraction of sp³-hybridized carbons (Fsp3) is 0.250. The molecular weight excluding hydrogens is 472 g/mol. The summed E-state index contributed by atoms with van der Waals surface area (Å²) in [5.74, 6) is -0.145. The highest BCUT2D eigenvalue weighted by Crippen LogP contribution is 2.34. The van der Waals surface area contributed by atoms with Crippen molar-refractivity contribution < 1.29 is 0 Å². The highest BCUT2D eigenvalue weighted by atomic mass is 16.1. The summed E-state index contributed by atoms with van der Waals surface area (Å²) in [6.45, 7) is 8.23. The SMILES string of the molecule is Cc1c(C(c2ccc(C(C)C)cc2)c2c(C)n(C)n(-c3ccccc3)c2=O)c(=O)n(-c2ccccc2)n1C. The van der Waals surface area contributed by atoms with Crippen LogP contribution in [0.15, 0.2) is 94.5 Å². The lowest BCUT2D eigenvalue weighted by molar-refractivity contribution is 0.630. The van der Waals surface area contributed by atoms with E-state index < -0.39 is 5.92 Å². The Morgan fingerprint density at radius 2 is 0.921 bits per heavy atom. The number of hydrogen-bond acceptors (Lipinski definition) is 2. The van der Waals surface area contributed by atoms with Crippen LogP contribution in [0.2, 0.25) is 0 Å². The zero-order chi connectivity index (χ0) is 27.1. The Bertz CT molecular complexity index is 1600. The summed E-state index contributed by atoms with van der Waals surface area (Å²) in [4.78, 5) is 28.4. The second-order valence-electron chi connectivity index (χ2n) is 10.2. The second kappa shape index (κ2) is 9.86. The summed E-state index contributed by atoms with van der Waals surface area (Å²) in [5.41, 5.74) is 6.34. The fourth-order valence-corrected chi connectivity index (χ4v) is 5.39. The third kappa shape index (κ3) is 4.06. The van der Waals surface area contributed by atoms with E-state index in [0.717, 1.165) is 28.3 Å². The van der Waals surface area contributed by atoms with Crippen molar-refractivity contribution in [3.8, 4) is 11.4 Å². The maximum absolute atomic E-state index is 14.2. The minimum Gasteiger partial charge on any atom is -0.285 e. The van der Waals surface area contributed by atoms with Crippen molar-refractivity contribution in [2.45, 2.75) is 39.5 Å². The van der Waals surface area contributed by atoms with E-state index in [9.17, 15) is 9.59 Å². The van der Waals surface area contributed by atoms with Crippen molar-refractivity contribution in [2.75, 3.05) is 0 Å². The molecule has 2 aromatic heterocycles. The zero-order valence-corrected chi connectivity index (χ0v) is 22.8. The van der Waals surface area contributed by atoms with Gasteiger partial charge in [0.25, 0.3) is 11.1 Å². The van der Waals surface area contributed by atoms with Crippen LogP contribution in [0.25, 0.3) is 11.4 Å². The average Bonchev–Trinajstić information content (AvgIpc) is 3.28. The summed E-state index contributed by atoms with van der Waals surface area (Å²) >= 11 is 0. The molecule has 38 heavy (non-hydrogen) atoms. The molecule has 0 amide bonds. The van der Waals surface area contributed by atoms with Gasteiger partial charge in [0.05, 0.1) is 22.5 Å². The Balaban J connectivity index is 1.82. The van der Waals surface area contributed by atoms with Gasteiger partial charge in [-0.15, -0.1) is 0 Å². The molecule has 0 aliphatic rings. The summed E-state index contributed by atoms with van der Waals surface area (Å²) in [6, 6.07) is 27.6. The van der Waals surface area contributed by atoms with E-state index in [1.807, 2.05) is 98.0 Å². The van der Waals surface area contributed by atoms with Gasteiger partial charge in [-0.3, -0.25) is 19.0 Å². The number of rotatable bonds is 6. The molecule has 6 nitrogen and oxygen atoms in total. The van der Waals surface area contributed by atoms with Crippen molar-refractivity contribution in [1.82, 2.24) is 18.7 Å². The summed E-state index contributed by atoms with van der Waals surface area (Å²) in [5, 5.41) is 0. The van der Waals surface area contributed by atoms with Gasteiger partial charge in [-0.2, -0.15) is 0 Å². The third-order valence-electron chi connectivity index (χ3n) is 7.71. The quantitative estimate of drug-likeness (QED) is 0.302. The van der Waals surface area contributed by atoms with Crippen molar-refractivity contribution in [1.29, 1.82) is 0 Å². The minimum absolute atomic E-state index is 0.122. The highest BCUT2D eigenvalue weighted by molar-refractivity contribution is 5.48. The van der Waals surface area contributed by atoms with Crippen LogP contribution in [-0.2, 0) is 14.1 Å². The van der Waals surface area contributed by atoms with Gasteiger partial charge in [-0.05, 0) is 55.2 Å². The molecule has 0 saturated carbocycles. The van der Waals surface area contributed by atoms with Crippen molar-refractivity contribution in [3.05, 3.63) is 139 Å². The highest BCUT2D eigenvalue weighted by Gasteiger charge is 2.32. The van der Waals surface area contributed by atoms with E-state index in [0.29, 0.717) is 17.0 Å². The minimum atomic E-state index is -0.525. The Labute approximate surface area is 223 Å². The number of aromatic nitrogens is 4. The van der Waals surface area contributed by atoms with E-state index in [1.165, 1.54) is 5.56 Å². The van der Waals surface area contributed by atoms with Crippen LogP contribution in [0, 0.1) is 13.8 Å². The largest absolute Gasteiger partial charge is 0.285 e. The van der Waals surface area contributed by atoms with Gasteiger partial charge < -0.3 is 0 Å². The smallest absolute Gasteiger partial charge is 0.275 e. The zero-order valence-electron chi connectivity index (χ0n) is 22.8. The lowest BCUT2D eigenvalue weighted by atomic mass is 9.84. The van der Waals surface area contributed by atoms with Crippen LogP contribution in [0.4, 0.5) is 0 Å². The number of nitrogens with zero attached hydrogens (tertiary/aromatic N) is 4. The molecule has 194 valence electrons. The van der Waals surface area contributed by atoms with Crippen molar-refractivity contribution in [3.63, 3.8) is 0 Å². The predicted octanol–water partition coefficient (Wildman–Crippen LogP) is 5.59. The van der Waals surface area contributed by atoms with Crippen LogP contribution >= 0.6 is 0 Å². The maximum atomic E-state index is 14.2. The molecule has 2 heterocycles. The van der Waals surface area contributed by atoms with Gasteiger partial charge in [0.2, 0.25) is 0 Å². The molecule has 0 unspecified atom stereocenters. The summed E-state index contributed by atoms with van der Waals surface area (Å²) in [6.07, 6.45) is 0. The van der Waals surface area contributed by atoms with Crippen molar-refractivity contribution in [2.24, 2.45) is 14.1 Å². The van der Waals surface area contributed by atoms with Gasteiger partial charge in [0, 0.05) is 31.4 Å². The molecule has 0 bridgehead atoms. The molecule has 6 heteroatoms. The third-order valence-corrected chi connectivity index (χ3v) is 7.71. The Morgan fingerprint density at radius 3 is 1.29 bits per heavy atom. The normalized spacial score (nSPS) is 11.6. The molecule has 3 aromatic carbocycles. The molecule has 0 aliphatic carbocycles. The molecule has 0 radical (unpaired) electrons. The average molecular weight is 507 g/mol. The first-order chi connectivity index (χ1) is 18.2. The number of hydrogen-bond donors (Lipinski definition) is 0. The van der Waals surface area contributed by atoms with Crippen LogP contribution in [0.3, 0.4) is 0 Å². The summed E-state index contributed by atoms with van der Waals surface area (Å²) < 4.78 is 7.15. The van der Waals surface area contributed by atoms with Crippen LogP contribution in [-0.4, -0.2) is 18.7 Å². The Hall–Kier alpha value is -4.32. The monoisotopic (exact) mass is 506 g/mol. The van der Waals surface area contributed by atoms with Gasteiger partial charge in [0.1, 0.15) is 0 Å². The van der Waals surface area contributed by atoms with Crippen molar-refractivity contribution >= 4 is 0 Å². The molecular formula is C32H34N4O2. The van der Waals surface area contributed by atoms with E-state index in [4.69, 9.17) is 0 Å². The molecule has 0 aliphatic heterocycles. The van der Waals surface area contributed by atoms with E-state index in [1.54, 1.807) is 9.36 Å². The molecule has 5 aromatic rings. The van der Waals surface area contributed by atoms with Crippen LogP contribution < -0.4 is 11.1 Å². The second-order valence-corrected chi connectivity index (χ2v) is 10.2. The standard InChI is InChI=1S/C32H34N4O2/c1-21(2)24-17-19-25(20-18-24)30(28-22(3)33(5)35(31(28)37)26-13-9-7-10-14-26)29-23(4)34(6)36(32(29)38)27-15-11-8-12-16-27/h7-21,30H,1-6H3. The number of benzene rings is 3. The van der Waals surface area contributed by atoms with Gasteiger partial charge in [-0.1, -0.05) is 74.5 Å². The van der Waals surface area contributed by atoms with E-state index >= 15 is 0 Å². The molecule has 0 saturated heterocycles. The van der Waals surface area contributed by atoms with Crippen LogP contribution in [0.5, 0.6) is 0 Å². The van der Waals surface area contributed by atoms with E-state index in [-0.39, 0.29) is 11.1 Å². The van der Waals surface area contributed by atoms with Gasteiger partial charge in [-0.25, -0.2) is 9.36 Å². The topological polar surface area (TPSA) is 53.9 Å². The lowest BCUT2D eigenvalue weighted by Crippen LogP contribution is -2.26. The molecule has 5 rings (SSSR count). The van der Waals surface area contributed by atoms with Gasteiger partial charge in [0.15, 0.2) is 0 Å². The lowest BCUT2D eigenvalue weighted by Gasteiger charge is -2.17. The molecule has 0 spiro atoms. The predicted molar refractivity (Wildman–Crippen MR) is 153 cm³/mol. The molecule has 0 fully saturated rings. The maximum Gasteiger partial charge on any atom is 0.275 e. The fourth-order valence-electron chi connectivity index (χ4n) is 5.39.